The van der Waals surface area contributed by atoms with Gasteiger partial charge in [-0.3, -0.25) is 14.5 Å². The van der Waals surface area contributed by atoms with Crippen molar-refractivity contribution in [3.63, 3.8) is 0 Å². The maximum Gasteiger partial charge on any atom is 0.261 e. The van der Waals surface area contributed by atoms with E-state index in [9.17, 15) is 14.7 Å². The van der Waals surface area contributed by atoms with Crippen LogP contribution < -0.4 is 0 Å². The number of hydrogen-bond donors (Lipinski definition) is 1. The summed E-state index contributed by atoms with van der Waals surface area (Å²) >= 11 is 0. The standard InChI is InChI=1S/C14H17NO3/c1-4-14(3,18)8-15-12(16)10-6-5-9(2)7-11(10)13(15)17/h5-7,18H,4,8H2,1-3H3. The van der Waals surface area contributed by atoms with Gasteiger partial charge >= 0.3 is 0 Å². The highest BCUT2D eigenvalue weighted by Gasteiger charge is 2.38. The van der Waals surface area contributed by atoms with Crippen molar-refractivity contribution in [1.29, 1.82) is 0 Å². The maximum absolute atomic E-state index is 12.1. The van der Waals surface area contributed by atoms with Crippen LogP contribution in [0, 0.1) is 6.92 Å². The average molecular weight is 247 g/mol. The van der Waals surface area contributed by atoms with Crippen LogP contribution in [0.15, 0.2) is 18.2 Å². The first-order valence-electron chi connectivity index (χ1n) is 6.05. The normalized spacial score (nSPS) is 17.9. The summed E-state index contributed by atoms with van der Waals surface area (Å²) in [5, 5.41) is 10.0. The summed E-state index contributed by atoms with van der Waals surface area (Å²) in [6, 6.07) is 5.20. The van der Waals surface area contributed by atoms with Crippen LogP contribution in [-0.4, -0.2) is 34.0 Å². The molecule has 1 aliphatic rings. The largest absolute Gasteiger partial charge is 0.388 e. The van der Waals surface area contributed by atoms with Gasteiger partial charge in [-0.2, -0.15) is 0 Å². The number of carbonyl (C=O) groups excluding carboxylic acids is 2. The van der Waals surface area contributed by atoms with Crippen molar-refractivity contribution >= 4 is 11.8 Å². The lowest BCUT2D eigenvalue weighted by molar-refractivity contribution is 0.0174. The van der Waals surface area contributed by atoms with Crippen molar-refractivity contribution in [3.05, 3.63) is 34.9 Å². The summed E-state index contributed by atoms with van der Waals surface area (Å²) in [6.45, 7) is 5.36. The number of amides is 2. The number of aliphatic hydroxyl groups is 1. The second-order valence-corrected chi connectivity index (χ2v) is 5.10. The fourth-order valence-corrected chi connectivity index (χ4v) is 2.00. The van der Waals surface area contributed by atoms with E-state index in [-0.39, 0.29) is 18.4 Å². The van der Waals surface area contributed by atoms with E-state index in [4.69, 9.17) is 0 Å². The zero-order valence-corrected chi connectivity index (χ0v) is 10.9. The van der Waals surface area contributed by atoms with Gasteiger partial charge in [0.1, 0.15) is 0 Å². The Morgan fingerprint density at radius 3 is 2.44 bits per heavy atom. The highest BCUT2D eigenvalue weighted by molar-refractivity contribution is 6.21. The third-order valence-electron chi connectivity index (χ3n) is 3.39. The topological polar surface area (TPSA) is 57.6 Å². The molecule has 0 aromatic heterocycles. The Labute approximate surface area is 106 Å². The lowest BCUT2D eigenvalue weighted by Gasteiger charge is -2.26. The number of aryl methyl sites for hydroxylation is 1. The number of carbonyl (C=O) groups is 2. The molecule has 2 amide bonds. The van der Waals surface area contributed by atoms with Crippen LogP contribution in [0.2, 0.25) is 0 Å². The van der Waals surface area contributed by atoms with Crippen molar-refractivity contribution in [2.45, 2.75) is 32.8 Å². The lowest BCUT2D eigenvalue weighted by atomic mass is 10.0. The summed E-state index contributed by atoms with van der Waals surface area (Å²) in [4.78, 5) is 25.4. The Hall–Kier alpha value is -1.68. The van der Waals surface area contributed by atoms with Crippen molar-refractivity contribution in [1.82, 2.24) is 4.90 Å². The molecule has 1 unspecified atom stereocenters. The van der Waals surface area contributed by atoms with E-state index < -0.39 is 5.60 Å². The number of hydrogen-bond acceptors (Lipinski definition) is 3. The molecule has 1 aromatic rings. The maximum atomic E-state index is 12.1. The molecule has 0 saturated heterocycles. The SMILES string of the molecule is CCC(C)(O)CN1C(=O)c2ccc(C)cc2C1=O. The van der Waals surface area contributed by atoms with Crippen LogP contribution in [0.1, 0.15) is 46.5 Å². The molecule has 4 heteroatoms. The molecule has 0 spiro atoms. The summed E-state index contributed by atoms with van der Waals surface area (Å²) in [5.41, 5.74) is 0.769. The van der Waals surface area contributed by atoms with E-state index in [2.05, 4.69) is 0 Å². The molecular formula is C14H17NO3. The molecule has 0 radical (unpaired) electrons. The fraction of sp³-hybridized carbons (Fsp3) is 0.429. The molecule has 0 bridgehead atoms. The quantitative estimate of drug-likeness (QED) is 0.828. The first kappa shape index (κ1) is 12.8. The highest BCUT2D eigenvalue weighted by atomic mass is 16.3. The van der Waals surface area contributed by atoms with Gasteiger partial charge in [-0.1, -0.05) is 18.6 Å². The number of imide groups is 1. The van der Waals surface area contributed by atoms with Crippen LogP contribution in [0.5, 0.6) is 0 Å². The second-order valence-electron chi connectivity index (χ2n) is 5.10. The first-order valence-corrected chi connectivity index (χ1v) is 6.05. The van der Waals surface area contributed by atoms with E-state index >= 15 is 0 Å². The predicted molar refractivity (Wildman–Crippen MR) is 67.5 cm³/mol. The molecule has 1 aromatic carbocycles. The van der Waals surface area contributed by atoms with Gasteiger partial charge in [0.05, 0.1) is 23.3 Å². The van der Waals surface area contributed by atoms with E-state index in [0.29, 0.717) is 17.5 Å². The minimum absolute atomic E-state index is 0.0366. The molecule has 0 saturated carbocycles. The molecule has 18 heavy (non-hydrogen) atoms. The third kappa shape index (κ3) is 2.04. The van der Waals surface area contributed by atoms with Gasteiger partial charge in [-0.25, -0.2) is 0 Å². The van der Waals surface area contributed by atoms with E-state index in [0.717, 1.165) is 10.5 Å². The summed E-state index contributed by atoms with van der Waals surface area (Å²) in [5.74, 6) is -0.629. The number of rotatable bonds is 3. The molecule has 4 nitrogen and oxygen atoms in total. The second kappa shape index (κ2) is 4.21. The number of β-amino-alcohol motifs (C(OH)–C–C–N with tert-alkyl or cyclic N) is 1. The van der Waals surface area contributed by atoms with Gasteiger partial charge < -0.3 is 5.11 Å². The summed E-state index contributed by atoms with van der Waals surface area (Å²) in [6.07, 6.45) is 0.486. The minimum atomic E-state index is -1.04. The van der Waals surface area contributed by atoms with Crippen molar-refractivity contribution in [2.24, 2.45) is 0 Å². The van der Waals surface area contributed by atoms with Crippen LogP contribution >= 0.6 is 0 Å². The Kier molecular flexibility index (Phi) is 2.99. The Morgan fingerprint density at radius 2 is 1.83 bits per heavy atom. The van der Waals surface area contributed by atoms with E-state index in [1.165, 1.54) is 0 Å². The van der Waals surface area contributed by atoms with Crippen LogP contribution in [0.4, 0.5) is 0 Å². The smallest absolute Gasteiger partial charge is 0.261 e. The number of nitrogens with zero attached hydrogens (tertiary/aromatic N) is 1. The van der Waals surface area contributed by atoms with Crippen LogP contribution in [0.25, 0.3) is 0 Å². The van der Waals surface area contributed by atoms with Gasteiger partial charge in [0.15, 0.2) is 0 Å². The highest BCUT2D eigenvalue weighted by Crippen LogP contribution is 2.26. The van der Waals surface area contributed by atoms with Gasteiger partial charge in [0, 0.05) is 0 Å². The monoisotopic (exact) mass is 247 g/mol. The minimum Gasteiger partial charge on any atom is -0.388 e. The van der Waals surface area contributed by atoms with Crippen LogP contribution in [-0.2, 0) is 0 Å². The van der Waals surface area contributed by atoms with Crippen molar-refractivity contribution in [2.75, 3.05) is 6.54 Å². The van der Waals surface area contributed by atoms with Gasteiger partial charge in [0.25, 0.3) is 11.8 Å². The average Bonchev–Trinajstić information content (AvgIpc) is 2.54. The fourth-order valence-electron chi connectivity index (χ4n) is 2.00. The van der Waals surface area contributed by atoms with Gasteiger partial charge in [-0.15, -0.1) is 0 Å². The molecule has 2 rings (SSSR count). The molecule has 96 valence electrons. The van der Waals surface area contributed by atoms with Crippen molar-refractivity contribution < 1.29 is 14.7 Å². The summed E-state index contributed by atoms with van der Waals surface area (Å²) < 4.78 is 0. The van der Waals surface area contributed by atoms with Gasteiger partial charge in [0.2, 0.25) is 0 Å². The Balaban J connectivity index is 2.34. The molecule has 0 aliphatic carbocycles. The molecule has 1 heterocycles. The molecule has 1 N–H and O–H groups in total. The first-order chi connectivity index (χ1) is 8.35. The van der Waals surface area contributed by atoms with E-state index in [1.807, 2.05) is 19.9 Å². The number of fused-ring (bicyclic) bond motifs is 1. The molecular weight excluding hydrogens is 230 g/mol. The summed E-state index contributed by atoms with van der Waals surface area (Å²) in [7, 11) is 0. The lowest BCUT2D eigenvalue weighted by Crippen LogP contribution is -2.43. The predicted octanol–water partition coefficient (Wildman–Crippen LogP) is 1.75. The zero-order valence-electron chi connectivity index (χ0n) is 10.9. The molecule has 0 fully saturated rings. The van der Waals surface area contributed by atoms with E-state index in [1.54, 1.807) is 19.1 Å². The van der Waals surface area contributed by atoms with Crippen molar-refractivity contribution in [3.8, 4) is 0 Å². The Morgan fingerprint density at radius 1 is 1.22 bits per heavy atom. The van der Waals surface area contributed by atoms with Crippen LogP contribution in [0.3, 0.4) is 0 Å². The Bertz CT molecular complexity index is 520. The molecule has 1 aliphatic heterocycles. The third-order valence-corrected chi connectivity index (χ3v) is 3.39. The molecule has 1 atom stereocenters. The number of benzene rings is 1. The van der Waals surface area contributed by atoms with Gasteiger partial charge in [-0.05, 0) is 32.4 Å². The zero-order chi connectivity index (χ0) is 13.5.